The first kappa shape index (κ1) is 12.7. The minimum absolute atomic E-state index is 0.256. The SMILES string of the molecule is CC(C)S(=O)(=O)c1ccc(C(N)Br)cc1. The molecule has 0 aliphatic rings. The van der Waals surface area contributed by atoms with Crippen LogP contribution in [0.25, 0.3) is 0 Å². The zero-order chi connectivity index (χ0) is 11.6. The summed E-state index contributed by atoms with van der Waals surface area (Å²) < 4.78 is 23.5. The molecule has 1 rings (SSSR count). The average Bonchev–Trinajstić information content (AvgIpc) is 2.17. The molecule has 1 aromatic rings. The van der Waals surface area contributed by atoms with Crippen molar-refractivity contribution in [3.63, 3.8) is 0 Å². The quantitative estimate of drug-likeness (QED) is 0.686. The van der Waals surface area contributed by atoms with E-state index in [-0.39, 0.29) is 4.95 Å². The Labute approximate surface area is 98.7 Å². The molecule has 3 nitrogen and oxygen atoms in total. The first-order valence-corrected chi connectivity index (χ1v) is 7.05. The van der Waals surface area contributed by atoms with Crippen LogP contribution in [0.4, 0.5) is 0 Å². The molecule has 0 bridgehead atoms. The summed E-state index contributed by atoms with van der Waals surface area (Å²) in [6, 6.07) is 6.61. The number of hydrogen-bond donors (Lipinski definition) is 1. The van der Waals surface area contributed by atoms with E-state index >= 15 is 0 Å². The summed E-state index contributed by atoms with van der Waals surface area (Å²) in [4.78, 5) is 0.0858. The monoisotopic (exact) mass is 291 g/mol. The molecule has 5 heteroatoms. The van der Waals surface area contributed by atoms with Crippen LogP contribution in [0.1, 0.15) is 24.4 Å². The van der Waals surface area contributed by atoms with Crippen molar-refractivity contribution in [2.45, 2.75) is 28.9 Å². The number of nitrogens with two attached hydrogens (primary N) is 1. The number of rotatable bonds is 3. The van der Waals surface area contributed by atoms with Gasteiger partial charge in [-0.05, 0) is 31.5 Å². The van der Waals surface area contributed by atoms with Crippen LogP contribution in [0.2, 0.25) is 0 Å². The Morgan fingerprint density at radius 1 is 1.20 bits per heavy atom. The number of halogens is 1. The minimum Gasteiger partial charge on any atom is -0.315 e. The van der Waals surface area contributed by atoms with E-state index in [1.165, 1.54) is 0 Å². The van der Waals surface area contributed by atoms with E-state index in [2.05, 4.69) is 15.9 Å². The smallest absolute Gasteiger partial charge is 0.180 e. The summed E-state index contributed by atoms with van der Waals surface area (Å²) in [6.07, 6.45) is 0. The summed E-state index contributed by atoms with van der Waals surface area (Å²) in [5.74, 6) is 0. The van der Waals surface area contributed by atoms with Crippen molar-refractivity contribution in [1.29, 1.82) is 0 Å². The lowest BCUT2D eigenvalue weighted by molar-refractivity contribution is 0.587. The molecule has 0 aromatic heterocycles. The Morgan fingerprint density at radius 2 is 1.67 bits per heavy atom. The van der Waals surface area contributed by atoms with Gasteiger partial charge in [-0.15, -0.1) is 0 Å². The number of hydrogen-bond acceptors (Lipinski definition) is 3. The Kier molecular flexibility index (Phi) is 3.92. The molecule has 2 N–H and O–H groups in total. The second-order valence-corrected chi connectivity index (χ2v) is 7.06. The highest BCUT2D eigenvalue weighted by Gasteiger charge is 2.18. The molecule has 1 unspecified atom stereocenters. The second-order valence-electron chi connectivity index (χ2n) is 3.56. The van der Waals surface area contributed by atoms with Gasteiger partial charge in [-0.2, -0.15) is 0 Å². The van der Waals surface area contributed by atoms with Crippen molar-refractivity contribution in [2.75, 3.05) is 0 Å². The van der Waals surface area contributed by atoms with Crippen molar-refractivity contribution in [2.24, 2.45) is 5.73 Å². The van der Waals surface area contributed by atoms with E-state index in [0.29, 0.717) is 4.90 Å². The maximum atomic E-state index is 11.8. The van der Waals surface area contributed by atoms with E-state index in [0.717, 1.165) is 5.56 Å². The first-order valence-electron chi connectivity index (χ1n) is 4.59. The van der Waals surface area contributed by atoms with Crippen LogP contribution in [0.5, 0.6) is 0 Å². The maximum absolute atomic E-state index is 11.8. The molecule has 0 saturated heterocycles. The van der Waals surface area contributed by atoms with Crippen LogP contribution >= 0.6 is 15.9 Å². The fourth-order valence-corrected chi connectivity index (χ4v) is 2.48. The van der Waals surface area contributed by atoms with E-state index < -0.39 is 15.1 Å². The molecule has 0 saturated carbocycles. The minimum atomic E-state index is -3.18. The van der Waals surface area contributed by atoms with Crippen LogP contribution < -0.4 is 5.73 Å². The van der Waals surface area contributed by atoms with Crippen molar-refractivity contribution >= 4 is 25.8 Å². The van der Waals surface area contributed by atoms with Crippen molar-refractivity contribution < 1.29 is 8.42 Å². The molecule has 1 atom stereocenters. The van der Waals surface area contributed by atoms with Gasteiger partial charge in [0.15, 0.2) is 9.84 Å². The normalized spacial score (nSPS) is 14.2. The fraction of sp³-hybridized carbons (Fsp3) is 0.400. The predicted octanol–water partition coefficient (Wildman–Crippen LogP) is 2.22. The van der Waals surface area contributed by atoms with Crippen LogP contribution in [-0.2, 0) is 9.84 Å². The van der Waals surface area contributed by atoms with Gasteiger partial charge in [-0.1, -0.05) is 28.1 Å². The fourth-order valence-electron chi connectivity index (χ4n) is 1.11. The standard InChI is InChI=1S/C10H14BrNO2S/c1-7(2)15(13,14)9-5-3-8(4-6-9)10(11)12/h3-7,10H,12H2,1-2H3. The van der Waals surface area contributed by atoms with Gasteiger partial charge in [0.25, 0.3) is 0 Å². The van der Waals surface area contributed by atoms with Crippen molar-refractivity contribution in [3.8, 4) is 0 Å². The summed E-state index contributed by atoms with van der Waals surface area (Å²) >= 11 is 3.21. The molecule has 84 valence electrons. The van der Waals surface area contributed by atoms with Crippen LogP contribution in [0.15, 0.2) is 29.2 Å². The third kappa shape index (κ3) is 2.80. The van der Waals surface area contributed by atoms with Crippen molar-refractivity contribution in [3.05, 3.63) is 29.8 Å². The molecule has 0 fully saturated rings. The molecule has 0 amide bonds. The third-order valence-electron chi connectivity index (χ3n) is 2.15. The Bertz CT molecular complexity index is 423. The third-order valence-corrected chi connectivity index (χ3v) is 4.85. The summed E-state index contributed by atoms with van der Waals surface area (Å²) in [6.45, 7) is 3.33. The second kappa shape index (κ2) is 4.63. The van der Waals surface area contributed by atoms with Crippen molar-refractivity contribution in [1.82, 2.24) is 0 Å². The van der Waals surface area contributed by atoms with E-state index in [9.17, 15) is 8.42 Å². The van der Waals surface area contributed by atoms with Gasteiger partial charge < -0.3 is 5.73 Å². The average molecular weight is 292 g/mol. The lowest BCUT2D eigenvalue weighted by Crippen LogP contribution is -2.14. The van der Waals surface area contributed by atoms with E-state index in [1.807, 2.05) is 0 Å². The lowest BCUT2D eigenvalue weighted by atomic mass is 10.2. The molecule has 0 aliphatic heterocycles. The topological polar surface area (TPSA) is 60.2 Å². The Hall–Kier alpha value is -0.390. The Morgan fingerprint density at radius 3 is 2.00 bits per heavy atom. The number of benzene rings is 1. The van der Waals surface area contributed by atoms with Gasteiger partial charge >= 0.3 is 0 Å². The zero-order valence-corrected chi connectivity index (χ0v) is 11.0. The number of sulfone groups is 1. The molecule has 0 aliphatic carbocycles. The zero-order valence-electron chi connectivity index (χ0n) is 8.64. The predicted molar refractivity (Wildman–Crippen MR) is 64.6 cm³/mol. The molecule has 0 radical (unpaired) electrons. The van der Waals surface area contributed by atoms with E-state index in [1.54, 1.807) is 38.1 Å². The van der Waals surface area contributed by atoms with Crippen LogP contribution in [-0.4, -0.2) is 13.7 Å². The van der Waals surface area contributed by atoms with Gasteiger partial charge in [0.2, 0.25) is 0 Å². The van der Waals surface area contributed by atoms with Gasteiger partial charge in [-0.25, -0.2) is 8.42 Å². The lowest BCUT2D eigenvalue weighted by Gasteiger charge is -2.09. The van der Waals surface area contributed by atoms with Gasteiger partial charge in [-0.3, -0.25) is 0 Å². The van der Waals surface area contributed by atoms with Gasteiger partial charge in [0.1, 0.15) is 0 Å². The largest absolute Gasteiger partial charge is 0.315 e. The molecular formula is C10H14BrNO2S. The van der Waals surface area contributed by atoms with Crippen LogP contribution in [0, 0.1) is 0 Å². The molecule has 1 aromatic carbocycles. The summed E-state index contributed by atoms with van der Waals surface area (Å²) in [5.41, 5.74) is 6.46. The summed E-state index contributed by atoms with van der Waals surface area (Å²) in [7, 11) is -3.18. The number of alkyl halides is 1. The molecular weight excluding hydrogens is 278 g/mol. The Balaban J connectivity index is 3.10. The van der Waals surface area contributed by atoms with E-state index in [4.69, 9.17) is 5.73 Å². The summed E-state index contributed by atoms with van der Waals surface area (Å²) in [5, 5.41) is -0.402. The highest BCUT2D eigenvalue weighted by atomic mass is 79.9. The first-order chi connectivity index (χ1) is 6.85. The van der Waals surface area contributed by atoms with Crippen LogP contribution in [0.3, 0.4) is 0 Å². The maximum Gasteiger partial charge on any atom is 0.180 e. The highest BCUT2D eigenvalue weighted by molar-refractivity contribution is 9.09. The van der Waals surface area contributed by atoms with Gasteiger partial charge in [0, 0.05) is 0 Å². The van der Waals surface area contributed by atoms with Gasteiger partial charge in [0.05, 0.1) is 15.1 Å². The molecule has 0 spiro atoms. The molecule has 0 heterocycles. The molecule has 15 heavy (non-hydrogen) atoms. The highest BCUT2D eigenvalue weighted by Crippen LogP contribution is 2.21.